The maximum absolute atomic E-state index is 5.36. The van der Waals surface area contributed by atoms with E-state index in [4.69, 9.17) is 9.15 Å². The van der Waals surface area contributed by atoms with Gasteiger partial charge in [0.15, 0.2) is 0 Å². The molecule has 17 heavy (non-hydrogen) atoms. The molecule has 0 amide bonds. The molecular weight excluding hydrogens is 216 g/mol. The van der Waals surface area contributed by atoms with E-state index in [0.717, 1.165) is 45.6 Å². The van der Waals surface area contributed by atoms with Gasteiger partial charge >= 0.3 is 0 Å². The summed E-state index contributed by atoms with van der Waals surface area (Å²) >= 11 is 0. The van der Waals surface area contributed by atoms with Crippen molar-refractivity contribution >= 4 is 0 Å². The molecule has 0 spiro atoms. The number of hydrogen-bond donors (Lipinski definition) is 1. The van der Waals surface area contributed by atoms with Gasteiger partial charge in [0, 0.05) is 45.4 Å². The van der Waals surface area contributed by atoms with Crippen molar-refractivity contribution in [2.24, 2.45) is 0 Å². The fourth-order valence-electron chi connectivity index (χ4n) is 2.23. The van der Waals surface area contributed by atoms with Crippen LogP contribution in [0.5, 0.6) is 0 Å². The summed E-state index contributed by atoms with van der Waals surface area (Å²) in [5, 5.41) is 3.43. The Morgan fingerprint density at radius 1 is 1.47 bits per heavy atom. The number of ether oxygens (including phenoxy) is 1. The number of likely N-dealkylation sites (tertiary alicyclic amines) is 1. The number of rotatable bonds is 6. The zero-order valence-electron chi connectivity index (χ0n) is 10.5. The maximum atomic E-state index is 5.36. The minimum Gasteiger partial charge on any atom is -0.472 e. The normalized spacial score (nSPS) is 18.6. The van der Waals surface area contributed by atoms with E-state index in [9.17, 15) is 0 Å². The summed E-state index contributed by atoms with van der Waals surface area (Å²) in [6.07, 6.45) is 6.31. The fraction of sp³-hybridized carbons (Fsp3) is 0.692. The van der Waals surface area contributed by atoms with E-state index in [-0.39, 0.29) is 0 Å². The Hall–Kier alpha value is -0.840. The van der Waals surface area contributed by atoms with Gasteiger partial charge < -0.3 is 19.4 Å². The molecule has 1 aliphatic rings. The van der Waals surface area contributed by atoms with Crippen LogP contribution in [0.3, 0.4) is 0 Å². The summed E-state index contributed by atoms with van der Waals surface area (Å²) < 4.78 is 10.4. The Morgan fingerprint density at radius 3 is 2.94 bits per heavy atom. The molecule has 1 aromatic rings. The fourth-order valence-corrected chi connectivity index (χ4v) is 2.23. The molecule has 96 valence electrons. The molecule has 0 saturated carbocycles. The minimum atomic E-state index is 0.477. The maximum Gasteiger partial charge on any atom is 0.0947 e. The van der Waals surface area contributed by atoms with Crippen molar-refractivity contribution in [1.29, 1.82) is 0 Å². The van der Waals surface area contributed by atoms with Gasteiger partial charge in [-0.2, -0.15) is 0 Å². The van der Waals surface area contributed by atoms with E-state index in [1.807, 2.05) is 13.2 Å². The highest BCUT2D eigenvalue weighted by Gasteiger charge is 2.17. The summed E-state index contributed by atoms with van der Waals surface area (Å²) in [5.74, 6) is 0. The van der Waals surface area contributed by atoms with Gasteiger partial charge in [0.05, 0.1) is 18.6 Å². The lowest BCUT2D eigenvalue weighted by Gasteiger charge is -2.31. The smallest absolute Gasteiger partial charge is 0.0947 e. The van der Waals surface area contributed by atoms with Gasteiger partial charge in [-0.25, -0.2) is 0 Å². The Labute approximate surface area is 103 Å². The van der Waals surface area contributed by atoms with Crippen molar-refractivity contribution in [3.8, 4) is 0 Å². The standard InChI is InChI=1S/C13H22N2O2/c1-16-13-2-6-15(7-3-13)8-5-14-10-12-4-9-17-11-12/h4,9,11,13-14H,2-3,5-8,10H2,1H3. The van der Waals surface area contributed by atoms with Gasteiger partial charge in [-0.05, 0) is 18.9 Å². The van der Waals surface area contributed by atoms with Crippen molar-refractivity contribution in [3.05, 3.63) is 24.2 Å². The first-order chi connectivity index (χ1) is 8.38. The van der Waals surface area contributed by atoms with Crippen LogP contribution in [0, 0.1) is 0 Å². The molecule has 0 radical (unpaired) electrons. The SMILES string of the molecule is COC1CCN(CCNCc2ccoc2)CC1. The highest BCUT2D eigenvalue weighted by Crippen LogP contribution is 2.11. The molecule has 2 rings (SSSR count). The van der Waals surface area contributed by atoms with E-state index < -0.39 is 0 Å². The monoisotopic (exact) mass is 238 g/mol. The van der Waals surface area contributed by atoms with E-state index >= 15 is 0 Å². The van der Waals surface area contributed by atoms with Crippen LogP contribution < -0.4 is 5.32 Å². The lowest BCUT2D eigenvalue weighted by molar-refractivity contribution is 0.0414. The largest absolute Gasteiger partial charge is 0.472 e. The molecule has 1 N–H and O–H groups in total. The first-order valence-corrected chi connectivity index (χ1v) is 6.35. The third-order valence-electron chi connectivity index (χ3n) is 3.38. The van der Waals surface area contributed by atoms with Crippen LogP contribution in [0.4, 0.5) is 0 Å². The van der Waals surface area contributed by atoms with Gasteiger partial charge in [-0.3, -0.25) is 0 Å². The lowest BCUT2D eigenvalue weighted by atomic mass is 10.1. The summed E-state index contributed by atoms with van der Waals surface area (Å²) in [6.45, 7) is 5.36. The van der Waals surface area contributed by atoms with Crippen LogP contribution in [-0.4, -0.2) is 44.3 Å². The Balaban J connectivity index is 1.54. The van der Waals surface area contributed by atoms with Crippen LogP contribution in [0.1, 0.15) is 18.4 Å². The van der Waals surface area contributed by atoms with Gasteiger partial charge in [0.25, 0.3) is 0 Å². The average Bonchev–Trinajstić information content (AvgIpc) is 2.88. The van der Waals surface area contributed by atoms with E-state index in [2.05, 4.69) is 10.2 Å². The second kappa shape index (κ2) is 6.79. The summed E-state index contributed by atoms with van der Waals surface area (Å²) in [4.78, 5) is 2.50. The second-order valence-electron chi connectivity index (χ2n) is 4.59. The van der Waals surface area contributed by atoms with Crippen LogP contribution in [0.2, 0.25) is 0 Å². The molecular formula is C13H22N2O2. The minimum absolute atomic E-state index is 0.477. The predicted octanol–water partition coefficient (Wildman–Crippen LogP) is 1.48. The first kappa shape index (κ1) is 12.6. The number of hydrogen-bond acceptors (Lipinski definition) is 4. The number of furan rings is 1. The third kappa shape index (κ3) is 4.15. The molecule has 1 aromatic heterocycles. The highest BCUT2D eigenvalue weighted by molar-refractivity contribution is 5.04. The quantitative estimate of drug-likeness (QED) is 0.762. The second-order valence-corrected chi connectivity index (χ2v) is 4.59. The molecule has 0 aliphatic carbocycles. The van der Waals surface area contributed by atoms with Crippen molar-refractivity contribution in [2.45, 2.75) is 25.5 Å². The number of nitrogens with one attached hydrogen (secondary N) is 1. The zero-order valence-corrected chi connectivity index (χ0v) is 10.5. The molecule has 0 atom stereocenters. The molecule has 4 nitrogen and oxygen atoms in total. The first-order valence-electron chi connectivity index (χ1n) is 6.35. The average molecular weight is 238 g/mol. The van der Waals surface area contributed by atoms with Gasteiger partial charge in [0.2, 0.25) is 0 Å². The Bertz CT molecular complexity index is 292. The molecule has 1 aliphatic heterocycles. The molecule has 1 saturated heterocycles. The van der Waals surface area contributed by atoms with E-state index in [0.29, 0.717) is 6.10 Å². The zero-order chi connectivity index (χ0) is 11.9. The Kier molecular flexibility index (Phi) is 5.04. The van der Waals surface area contributed by atoms with Gasteiger partial charge in [-0.1, -0.05) is 0 Å². The highest BCUT2D eigenvalue weighted by atomic mass is 16.5. The van der Waals surface area contributed by atoms with Crippen LogP contribution in [-0.2, 0) is 11.3 Å². The van der Waals surface area contributed by atoms with Crippen LogP contribution in [0.15, 0.2) is 23.0 Å². The lowest BCUT2D eigenvalue weighted by Crippen LogP contribution is -2.40. The molecule has 0 bridgehead atoms. The van der Waals surface area contributed by atoms with Gasteiger partial charge in [-0.15, -0.1) is 0 Å². The molecule has 2 heterocycles. The van der Waals surface area contributed by atoms with Crippen molar-refractivity contribution in [1.82, 2.24) is 10.2 Å². The molecule has 0 unspecified atom stereocenters. The van der Waals surface area contributed by atoms with Crippen molar-refractivity contribution in [2.75, 3.05) is 33.3 Å². The number of piperidine rings is 1. The molecule has 4 heteroatoms. The van der Waals surface area contributed by atoms with Gasteiger partial charge in [0.1, 0.15) is 0 Å². The van der Waals surface area contributed by atoms with Crippen molar-refractivity contribution in [3.63, 3.8) is 0 Å². The van der Waals surface area contributed by atoms with Crippen molar-refractivity contribution < 1.29 is 9.15 Å². The third-order valence-corrected chi connectivity index (χ3v) is 3.38. The molecule has 0 aromatic carbocycles. The summed E-state index contributed by atoms with van der Waals surface area (Å²) in [5.41, 5.74) is 1.21. The van der Waals surface area contributed by atoms with E-state index in [1.165, 1.54) is 5.56 Å². The number of methoxy groups -OCH3 is 1. The predicted molar refractivity (Wildman–Crippen MR) is 66.9 cm³/mol. The molecule has 1 fully saturated rings. The summed E-state index contributed by atoms with van der Waals surface area (Å²) in [6, 6.07) is 2.00. The Morgan fingerprint density at radius 2 is 2.29 bits per heavy atom. The van der Waals surface area contributed by atoms with Crippen LogP contribution >= 0.6 is 0 Å². The van der Waals surface area contributed by atoms with Crippen LogP contribution in [0.25, 0.3) is 0 Å². The number of nitrogens with zero attached hydrogens (tertiary/aromatic N) is 1. The topological polar surface area (TPSA) is 37.6 Å². The summed E-state index contributed by atoms with van der Waals surface area (Å²) in [7, 11) is 1.81. The van der Waals surface area contributed by atoms with E-state index in [1.54, 1.807) is 12.5 Å².